The van der Waals surface area contributed by atoms with E-state index in [1.807, 2.05) is 0 Å². The third-order valence-electron chi connectivity index (χ3n) is 2.38. The molecule has 1 aromatic carbocycles. The number of ketones is 1. The molecular weight excluding hydrogens is 205 g/mol. The maximum absolute atomic E-state index is 12.9. The first-order valence-electron chi connectivity index (χ1n) is 4.89. The topological polar surface area (TPSA) is 30.0 Å². The summed E-state index contributed by atoms with van der Waals surface area (Å²) < 4.78 is 12.9. The second kappa shape index (κ2) is 4.23. The van der Waals surface area contributed by atoms with Crippen molar-refractivity contribution in [1.82, 2.24) is 4.98 Å². The normalized spacial score (nSPS) is 10.1. The van der Waals surface area contributed by atoms with Crippen LogP contribution in [0.25, 0.3) is 0 Å². The lowest BCUT2D eigenvalue weighted by Crippen LogP contribution is -2.03. The minimum atomic E-state index is -0.330. The van der Waals surface area contributed by atoms with Crippen LogP contribution in [0.1, 0.15) is 21.5 Å². The highest BCUT2D eigenvalue weighted by molar-refractivity contribution is 6.09. The summed E-state index contributed by atoms with van der Waals surface area (Å²) in [6.45, 7) is 1.72. The number of hydrogen-bond acceptors (Lipinski definition) is 2. The third-order valence-corrected chi connectivity index (χ3v) is 2.38. The van der Waals surface area contributed by atoms with Crippen molar-refractivity contribution in [2.75, 3.05) is 0 Å². The van der Waals surface area contributed by atoms with Crippen molar-refractivity contribution in [1.29, 1.82) is 0 Å². The molecule has 0 bridgehead atoms. The fourth-order valence-electron chi connectivity index (χ4n) is 1.54. The van der Waals surface area contributed by atoms with Crippen LogP contribution in [0.4, 0.5) is 4.39 Å². The Morgan fingerprint density at radius 1 is 1.19 bits per heavy atom. The minimum Gasteiger partial charge on any atom is -0.289 e. The molecule has 0 fully saturated rings. The van der Waals surface area contributed by atoms with Crippen LogP contribution in [-0.4, -0.2) is 10.8 Å². The van der Waals surface area contributed by atoms with Gasteiger partial charge in [0, 0.05) is 23.5 Å². The Hall–Kier alpha value is -2.03. The summed E-state index contributed by atoms with van der Waals surface area (Å²) in [7, 11) is 0. The van der Waals surface area contributed by atoms with Gasteiger partial charge in [-0.1, -0.05) is 0 Å². The first-order chi connectivity index (χ1) is 7.68. The molecule has 0 aliphatic heterocycles. The Balaban J connectivity index is 2.42. The van der Waals surface area contributed by atoms with E-state index in [1.165, 1.54) is 18.2 Å². The van der Waals surface area contributed by atoms with Gasteiger partial charge in [-0.05, 0) is 42.8 Å². The number of rotatable bonds is 2. The molecule has 0 saturated carbocycles. The molecule has 0 amide bonds. The zero-order chi connectivity index (χ0) is 11.5. The van der Waals surface area contributed by atoms with Crippen LogP contribution in [0.3, 0.4) is 0 Å². The van der Waals surface area contributed by atoms with Gasteiger partial charge in [-0.25, -0.2) is 4.39 Å². The molecule has 16 heavy (non-hydrogen) atoms. The van der Waals surface area contributed by atoms with Crippen LogP contribution in [0.2, 0.25) is 0 Å². The molecule has 80 valence electrons. The van der Waals surface area contributed by atoms with Crippen molar-refractivity contribution in [3.8, 4) is 0 Å². The zero-order valence-corrected chi connectivity index (χ0v) is 8.77. The van der Waals surface area contributed by atoms with Gasteiger partial charge in [0.2, 0.25) is 0 Å². The van der Waals surface area contributed by atoms with E-state index < -0.39 is 0 Å². The van der Waals surface area contributed by atoms with Crippen LogP contribution >= 0.6 is 0 Å². The highest BCUT2D eigenvalue weighted by Crippen LogP contribution is 2.14. The molecule has 0 N–H and O–H groups in total. The number of halogens is 1. The van der Waals surface area contributed by atoms with E-state index >= 15 is 0 Å². The maximum atomic E-state index is 12.9. The van der Waals surface area contributed by atoms with E-state index in [1.54, 1.807) is 31.5 Å². The van der Waals surface area contributed by atoms with Crippen molar-refractivity contribution < 1.29 is 9.18 Å². The van der Waals surface area contributed by atoms with Crippen LogP contribution in [0.5, 0.6) is 0 Å². The summed E-state index contributed by atoms with van der Waals surface area (Å²) in [4.78, 5) is 15.9. The van der Waals surface area contributed by atoms with Gasteiger partial charge in [0.05, 0.1) is 0 Å². The van der Waals surface area contributed by atoms with E-state index in [0.717, 1.165) is 0 Å². The van der Waals surface area contributed by atoms with Crippen molar-refractivity contribution in [3.63, 3.8) is 0 Å². The lowest BCUT2D eigenvalue weighted by atomic mass is 10.00. The van der Waals surface area contributed by atoms with E-state index in [0.29, 0.717) is 16.7 Å². The largest absolute Gasteiger partial charge is 0.289 e. The Labute approximate surface area is 92.8 Å². The molecule has 0 radical (unpaired) electrons. The first-order valence-corrected chi connectivity index (χ1v) is 4.89. The molecule has 0 aliphatic carbocycles. The summed E-state index contributed by atoms with van der Waals surface area (Å²) in [5.41, 5.74) is 1.72. The monoisotopic (exact) mass is 215 g/mol. The van der Waals surface area contributed by atoms with Crippen molar-refractivity contribution >= 4 is 5.78 Å². The van der Waals surface area contributed by atoms with Gasteiger partial charge in [-0.15, -0.1) is 0 Å². The highest BCUT2D eigenvalue weighted by atomic mass is 19.1. The van der Waals surface area contributed by atoms with Crippen LogP contribution in [-0.2, 0) is 0 Å². The number of aromatic nitrogens is 1. The molecule has 0 saturated heterocycles. The zero-order valence-electron chi connectivity index (χ0n) is 8.77. The van der Waals surface area contributed by atoms with Crippen molar-refractivity contribution in [2.45, 2.75) is 6.92 Å². The second-order valence-corrected chi connectivity index (χ2v) is 3.52. The number of hydrogen-bond donors (Lipinski definition) is 0. The summed E-state index contributed by atoms with van der Waals surface area (Å²) in [6.07, 6.45) is 3.12. The summed E-state index contributed by atoms with van der Waals surface area (Å²) >= 11 is 0. The number of pyridine rings is 1. The van der Waals surface area contributed by atoms with Gasteiger partial charge in [-0.3, -0.25) is 9.78 Å². The molecule has 1 heterocycles. The average molecular weight is 215 g/mol. The number of aryl methyl sites for hydroxylation is 1. The van der Waals surface area contributed by atoms with Gasteiger partial charge in [0.15, 0.2) is 5.78 Å². The average Bonchev–Trinajstić information content (AvgIpc) is 2.29. The van der Waals surface area contributed by atoms with Crippen LogP contribution < -0.4 is 0 Å². The molecule has 1 aromatic heterocycles. The molecular formula is C13H10FNO. The number of carbonyl (C=O) groups excluding carboxylic acids is 1. The third kappa shape index (κ3) is 1.98. The molecule has 0 aliphatic rings. The smallest absolute Gasteiger partial charge is 0.193 e. The Bertz CT molecular complexity index is 523. The molecule has 0 atom stereocenters. The number of benzene rings is 1. The van der Waals surface area contributed by atoms with Gasteiger partial charge >= 0.3 is 0 Å². The SMILES string of the molecule is Cc1cc(F)ccc1C(=O)c1ccncc1. The van der Waals surface area contributed by atoms with Crippen molar-refractivity contribution in [3.05, 3.63) is 65.2 Å². The molecule has 0 spiro atoms. The molecule has 2 rings (SSSR count). The highest BCUT2D eigenvalue weighted by Gasteiger charge is 2.11. The predicted molar refractivity (Wildman–Crippen MR) is 58.8 cm³/mol. The molecule has 0 unspecified atom stereocenters. The summed E-state index contributed by atoms with van der Waals surface area (Å²) in [5.74, 6) is -0.441. The minimum absolute atomic E-state index is 0.111. The Morgan fingerprint density at radius 2 is 1.88 bits per heavy atom. The first kappa shape index (κ1) is 10.5. The fourth-order valence-corrected chi connectivity index (χ4v) is 1.54. The summed E-state index contributed by atoms with van der Waals surface area (Å²) in [6, 6.07) is 7.44. The van der Waals surface area contributed by atoms with E-state index in [-0.39, 0.29) is 11.6 Å². The van der Waals surface area contributed by atoms with E-state index in [4.69, 9.17) is 0 Å². The number of carbonyl (C=O) groups is 1. The van der Waals surface area contributed by atoms with Crippen LogP contribution in [0, 0.1) is 12.7 Å². The molecule has 2 nitrogen and oxygen atoms in total. The summed E-state index contributed by atoms with van der Waals surface area (Å²) in [5, 5.41) is 0. The number of nitrogens with zero attached hydrogens (tertiary/aromatic N) is 1. The lowest BCUT2D eigenvalue weighted by molar-refractivity contribution is 0.103. The Morgan fingerprint density at radius 3 is 2.50 bits per heavy atom. The predicted octanol–water partition coefficient (Wildman–Crippen LogP) is 2.76. The lowest BCUT2D eigenvalue weighted by Gasteiger charge is -2.04. The second-order valence-electron chi connectivity index (χ2n) is 3.52. The van der Waals surface area contributed by atoms with Gasteiger partial charge in [0.25, 0.3) is 0 Å². The van der Waals surface area contributed by atoms with Gasteiger partial charge < -0.3 is 0 Å². The molecule has 3 heteroatoms. The van der Waals surface area contributed by atoms with Gasteiger partial charge in [-0.2, -0.15) is 0 Å². The Kier molecular flexibility index (Phi) is 2.77. The standard InChI is InChI=1S/C13H10FNO/c1-9-8-11(14)2-3-12(9)13(16)10-4-6-15-7-5-10/h2-8H,1H3. The quantitative estimate of drug-likeness (QED) is 0.721. The van der Waals surface area contributed by atoms with Crippen molar-refractivity contribution in [2.24, 2.45) is 0 Å². The maximum Gasteiger partial charge on any atom is 0.193 e. The van der Waals surface area contributed by atoms with E-state index in [2.05, 4.69) is 4.98 Å². The van der Waals surface area contributed by atoms with E-state index in [9.17, 15) is 9.18 Å². The van der Waals surface area contributed by atoms with Gasteiger partial charge in [0.1, 0.15) is 5.82 Å². The molecule has 2 aromatic rings. The van der Waals surface area contributed by atoms with Crippen LogP contribution in [0.15, 0.2) is 42.7 Å². The fraction of sp³-hybridized carbons (Fsp3) is 0.0769.